The molecular formula is C19H14O3. The fourth-order valence-corrected chi connectivity index (χ4v) is 2.80. The smallest absolute Gasteiger partial charge is 0.336 e. The van der Waals surface area contributed by atoms with Gasteiger partial charge in [-0.1, -0.05) is 29.8 Å². The third-order valence-electron chi connectivity index (χ3n) is 4.01. The van der Waals surface area contributed by atoms with Crippen molar-refractivity contribution >= 4 is 21.9 Å². The zero-order chi connectivity index (χ0) is 15.3. The fraction of sp³-hybridized carbons (Fsp3) is 0.105. The van der Waals surface area contributed by atoms with Crippen LogP contribution < -0.4 is 5.63 Å². The maximum atomic E-state index is 11.5. The first-order valence-corrected chi connectivity index (χ1v) is 7.14. The summed E-state index contributed by atoms with van der Waals surface area (Å²) in [6.07, 6.45) is 1.75. The Labute approximate surface area is 126 Å². The molecule has 3 heteroatoms. The third kappa shape index (κ3) is 1.94. The minimum Gasteiger partial charge on any atom is -0.464 e. The van der Waals surface area contributed by atoms with E-state index in [1.165, 1.54) is 11.6 Å². The van der Waals surface area contributed by atoms with Crippen LogP contribution in [0, 0.1) is 13.8 Å². The van der Waals surface area contributed by atoms with Crippen LogP contribution in [0.1, 0.15) is 11.1 Å². The quantitative estimate of drug-likeness (QED) is 0.472. The van der Waals surface area contributed by atoms with Gasteiger partial charge in [0.05, 0.1) is 6.26 Å². The Balaban J connectivity index is 2.04. The lowest BCUT2D eigenvalue weighted by molar-refractivity contribution is 0.558. The maximum absolute atomic E-state index is 11.5. The van der Waals surface area contributed by atoms with Crippen LogP contribution in [0.3, 0.4) is 0 Å². The summed E-state index contributed by atoms with van der Waals surface area (Å²) < 4.78 is 10.9. The first kappa shape index (κ1) is 12.9. The molecule has 0 spiro atoms. The molecule has 0 amide bonds. The number of benzene rings is 2. The summed E-state index contributed by atoms with van der Waals surface area (Å²) in [4.78, 5) is 11.5. The van der Waals surface area contributed by atoms with Gasteiger partial charge in [0.15, 0.2) is 0 Å². The highest BCUT2D eigenvalue weighted by atomic mass is 16.4. The molecular weight excluding hydrogens is 276 g/mol. The molecule has 0 atom stereocenters. The lowest BCUT2D eigenvalue weighted by atomic mass is 10.0. The molecule has 108 valence electrons. The number of furan rings is 1. The molecule has 4 aromatic rings. The van der Waals surface area contributed by atoms with E-state index in [1.807, 2.05) is 13.0 Å². The van der Waals surface area contributed by atoms with Crippen LogP contribution in [0.2, 0.25) is 0 Å². The van der Waals surface area contributed by atoms with E-state index >= 15 is 0 Å². The standard InChI is InChI=1S/C19H14O3/c1-11-3-5-13(6-4-11)16-10-21-17-9-18-14(8-15(16)17)12(2)7-19(20)22-18/h3-10H,1-2H3. The van der Waals surface area contributed by atoms with E-state index in [4.69, 9.17) is 8.83 Å². The van der Waals surface area contributed by atoms with Crippen molar-refractivity contribution in [2.75, 3.05) is 0 Å². The Hall–Kier alpha value is -2.81. The maximum Gasteiger partial charge on any atom is 0.336 e. The van der Waals surface area contributed by atoms with Crippen molar-refractivity contribution in [3.05, 3.63) is 70.3 Å². The molecule has 2 aromatic heterocycles. The van der Waals surface area contributed by atoms with E-state index in [-0.39, 0.29) is 5.63 Å². The summed E-state index contributed by atoms with van der Waals surface area (Å²) >= 11 is 0. The molecule has 0 bridgehead atoms. The molecule has 0 aliphatic carbocycles. The molecule has 0 saturated heterocycles. The molecule has 3 nitrogen and oxygen atoms in total. The molecule has 0 saturated carbocycles. The minimum atomic E-state index is -0.338. The van der Waals surface area contributed by atoms with Gasteiger partial charge in [-0.25, -0.2) is 4.79 Å². The molecule has 0 fully saturated rings. The van der Waals surface area contributed by atoms with Crippen LogP contribution in [0.4, 0.5) is 0 Å². The molecule has 2 heterocycles. The predicted molar refractivity (Wildman–Crippen MR) is 87.2 cm³/mol. The second kappa shape index (κ2) is 4.60. The number of hydrogen-bond donors (Lipinski definition) is 0. The molecule has 0 N–H and O–H groups in total. The fourth-order valence-electron chi connectivity index (χ4n) is 2.80. The van der Waals surface area contributed by atoms with Gasteiger partial charge in [0.1, 0.15) is 11.2 Å². The molecule has 0 aliphatic heterocycles. The Bertz CT molecular complexity index is 1050. The number of aryl methyl sites for hydroxylation is 2. The Morgan fingerprint density at radius 1 is 0.864 bits per heavy atom. The molecule has 4 rings (SSSR count). The van der Waals surface area contributed by atoms with Crippen LogP contribution in [0.5, 0.6) is 0 Å². The second-order valence-corrected chi connectivity index (χ2v) is 5.61. The lowest BCUT2D eigenvalue weighted by Crippen LogP contribution is -1.97. The van der Waals surface area contributed by atoms with Gasteiger partial charge in [-0.3, -0.25) is 0 Å². The van der Waals surface area contributed by atoms with Gasteiger partial charge in [0, 0.05) is 28.5 Å². The van der Waals surface area contributed by atoms with E-state index in [0.29, 0.717) is 5.58 Å². The van der Waals surface area contributed by atoms with E-state index < -0.39 is 0 Å². The third-order valence-corrected chi connectivity index (χ3v) is 4.01. The zero-order valence-corrected chi connectivity index (χ0v) is 12.3. The van der Waals surface area contributed by atoms with Crippen molar-refractivity contribution in [3.8, 4) is 11.1 Å². The minimum absolute atomic E-state index is 0.338. The first-order valence-electron chi connectivity index (χ1n) is 7.14. The van der Waals surface area contributed by atoms with Crippen molar-refractivity contribution in [1.82, 2.24) is 0 Å². The number of hydrogen-bond acceptors (Lipinski definition) is 3. The Kier molecular flexibility index (Phi) is 2.70. The SMILES string of the molecule is Cc1ccc(-c2coc3cc4oc(=O)cc(C)c4cc23)cc1. The zero-order valence-electron chi connectivity index (χ0n) is 12.3. The summed E-state index contributed by atoms with van der Waals surface area (Å²) in [7, 11) is 0. The summed E-state index contributed by atoms with van der Waals surface area (Å²) in [6, 6.07) is 13.7. The topological polar surface area (TPSA) is 43.4 Å². The van der Waals surface area contributed by atoms with E-state index in [9.17, 15) is 4.79 Å². The molecule has 2 aromatic carbocycles. The lowest BCUT2D eigenvalue weighted by Gasteiger charge is -2.02. The number of fused-ring (bicyclic) bond motifs is 2. The van der Waals surface area contributed by atoms with Crippen molar-refractivity contribution < 1.29 is 8.83 Å². The van der Waals surface area contributed by atoms with Crippen molar-refractivity contribution in [2.24, 2.45) is 0 Å². The van der Waals surface area contributed by atoms with Crippen LogP contribution in [-0.4, -0.2) is 0 Å². The van der Waals surface area contributed by atoms with Gasteiger partial charge in [-0.2, -0.15) is 0 Å². The summed E-state index contributed by atoms with van der Waals surface area (Å²) in [5.41, 5.74) is 5.22. The molecule has 0 unspecified atom stereocenters. The largest absolute Gasteiger partial charge is 0.464 e. The van der Waals surface area contributed by atoms with Gasteiger partial charge in [-0.15, -0.1) is 0 Å². The molecule has 0 aliphatic rings. The highest BCUT2D eigenvalue weighted by Gasteiger charge is 2.12. The Morgan fingerprint density at radius 2 is 1.64 bits per heavy atom. The number of rotatable bonds is 1. The highest BCUT2D eigenvalue weighted by Crippen LogP contribution is 2.34. The van der Waals surface area contributed by atoms with Crippen molar-refractivity contribution in [2.45, 2.75) is 13.8 Å². The van der Waals surface area contributed by atoms with Crippen molar-refractivity contribution in [3.63, 3.8) is 0 Å². The van der Waals surface area contributed by atoms with Gasteiger partial charge < -0.3 is 8.83 Å². The van der Waals surface area contributed by atoms with Crippen molar-refractivity contribution in [1.29, 1.82) is 0 Å². The second-order valence-electron chi connectivity index (χ2n) is 5.61. The van der Waals surface area contributed by atoms with Crippen LogP contribution >= 0.6 is 0 Å². The summed E-state index contributed by atoms with van der Waals surface area (Å²) in [5, 5.41) is 1.95. The molecule has 22 heavy (non-hydrogen) atoms. The van der Waals surface area contributed by atoms with Gasteiger partial charge in [0.2, 0.25) is 0 Å². The van der Waals surface area contributed by atoms with E-state index in [0.717, 1.165) is 33.0 Å². The van der Waals surface area contributed by atoms with Crippen LogP contribution in [0.15, 0.2) is 62.4 Å². The van der Waals surface area contributed by atoms with E-state index in [2.05, 4.69) is 31.2 Å². The van der Waals surface area contributed by atoms with E-state index in [1.54, 1.807) is 12.3 Å². The first-order chi connectivity index (χ1) is 10.6. The monoisotopic (exact) mass is 290 g/mol. The van der Waals surface area contributed by atoms with Crippen LogP contribution in [-0.2, 0) is 0 Å². The van der Waals surface area contributed by atoms with Gasteiger partial charge >= 0.3 is 5.63 Å². The average Bonchev–Trinajstić information content (AvgIpc) is 2.89. The average molecular weight is 290 g/mol. The van der Waals surface area contributed by atoms with Gasteiger partial charge in [-0.05, 0) is 31.0 Å². The molecule has 0 radical (unpaired) electrons. The summed E-state index contributed by atoms with van der Waals surface area (Å²) in [5.74, 6) is 0. The highest BCUT2D eigenvalue weighted by molar-refractivity contribution is 6.02. The normalized spacial score (nSPS) is 11.4. The summed E-state index contributed by atoms with van der Waals surface area (Å²) in [6.45, 7) is 3.98. The van der Waals surface area contributed by atoms with Gasteiger partial charge in [0.25, 0.3) is 0 Å². The predicted octanol–water partition coefficient (Wildman–Crippen LogP) is 4.82. The van der Waals surface area contributed by atoms with Crippen LogP contribution in [0.25, 0.3) is 33.1 Å². The Morgan fingerprint density at radius 3 is 2.41 bits per heavy atom.